The van der Waals surface area contributed by atoms with E-state index in [4.69, 9.17) is 0 Å². The molecule has 0 saturated heterocycles. The first-order valence-corrected chi connectivity index (χ1v) is 19.9. The van der Waals surface area contributed by atoms with Crippen LogP contribution in [0.25, 0.3) is 0 Å². The molecule has 0 aliphatic carbocycles. The highest BCUT2D eigenvalue weighted by Crippen LogP contribution is 2.17. The van der Waals surface area contributed by atoms with Crippen LogP contribution in [0.15, 0.2) is 24.3 Å². The number of benzene rings is 1. The van der Waals surface area contributed by atoms with E-state index in [0.29, 0.717) is 0 Å². The minimum Gasteiger partial charge on any atom is -0.0654 e. The highest BCUT2D eigenvalue weighted by Gasteiger charge is 1.98. The molecule has 42 heavy (non-hydrogen) atoms. The second-order valence-electron chi connectivity index (χ2n) is 13.8. The van der Waals surface area contributed by atoms with Crippen molar-refractivity contribution in [2.24, 2.45) is 0 Å². The van der Waals surface area contributed by atoms with Crippen LogP contribution in [0.1, 0.15) is 231 Å². The van der Waals surface area contributed by atoms with Crippen LogP contribution in [0, 0.1) is 6.07 Å². The van der Waals surface area contributed by atoms with E-state index in [2.05, 4.69) is 25.1 Å². The van der Waals surface area contributed by atoms with E-state index in [1.165, 1.54) is 230 Å². The SMILES string of the molecule is CCCCCCCCCCCCCCCCCCCCCCCCCCCCCCCCCCCCc1cc[c]cc1. The third-order valence-electron chi connectivity index (χ3n) is 9.61. The largest absolute Gasteiger partial charge is 0.0654 e. The maximum atomic E-state index is 3.11. The molecule has 0 fully saturated rings. The lowest BCUT2D eigenvalue weighted by molar-refractivity contribution is 0.511. The van der Waals surface area contributed by atoms with Gasteiger partial charge in [-0.2, -0.15) is 0 Å². The quantitative estimate of drug-likeness (QED) is 0.0699. The molecule has 1 radical (unpaired) electrons. The lowest BCUT2D eigenvalue weighted by Crippen LogP contribution is -1.86. The van der Waals surface area contributed by atoms with Crippen LogP contribution < -0.4 is 0 Å². The van der Waals surface area contributed by atoms with Crippen molar-refractivity contribution in [3.05, 3.63) is 35.9 Å². The number of unbranched alkanes of at least 4 members (excludes halogenated alkanes) is 33. The average molecular weight is 582 g/mol. The van der Waals surface area contributed by atoms with Crippen LogP contribution >= 0.6 is 0 Å². The molecule has 0 aliphatic heterocycles. The lowest BCUT2D eigenvalue weighted by atomic mass is 10.0. The molecule has 0 nitrogen and oxygen atoms in total. The van der Waals surface area contributed by atoms with Gasteiger partial charge in [-0.05, 0) is 24.5 Å². The minimum absolute atomic E-state index is 1.24. The molecular weight excluding hydrogens is 504 g/mol. The molecule has 1 aromatic carbocycles. The molecular formula is C42H77. The van der Waals surface area contributed by atoms with Gasteiger partial charge < -0.3 is 0 Å². The smallest absolute Gasteiger partial charge is 0.0184 e. The average Bonchev–Trinajstić information content (AvgIpc) is 3.01. The lowest BCUT2D eigenvalue weighted by Gasteiger charge is -2.05. The zero-order valence-electron chi connectivity index (χ0n) is 29.1. The summed E-state index contributed by atoms with van der Waals surface area (Å²) >= 11 is 0. The fourth-order valence-electron chi connectivity index (χ4n) is 6.65. The Labute approximate surface area is 267 Å². The first kappa shape index (κ1) is 39.2. The Hall–Kier alpha value is -0.780. The molecule has 0 N–H and O–H groups in total. The number of hydrogen-bond donors (Lipinski definition) is 0. The number of aryl methyl sites for hydroxylation is 1. The Morgan fingerprint density at radius 2 is 0.524 bits per heavy atom. The zero-order chi connectivity index (χ0) is 29.9. The molecule has 1 rings (SSSR count). The minimum atomic E-state index is 1.24. The summed E-state index contributed by atoms with van der Waals surface area (Å²) in [6, 6.07) is 11.6. The van der Waals surface area contributed by atoms with Crippen molar-refractivity contribution in [3.63, 3.8) is 0 Å². The Morgan fingerprint density at radius 1 is 0.310 bits per heavy atom. The Balaban J connectivity index is 1.61. The van der Waals surface area contributed by atoms with E-state index in [1.807, 2.05) is 12.1 Å². The fraction of sp³-hybridized carbons (Fsp3) is 0.857. The number of hydrogen-bond acceptors (Lipinski definition) is 0. The summed E-state index contributed by atoms with van der Waals surface area (Å²) in [4.78, 5) is 0. The molecule has 245 valence electrons. The van der Waals surface area contributed by atoms with Gasteiger partial charge in [0.05, 0.1) is 0 Å². The van der Waals surface area contributed by atoms with Crippen LogP contribution in [0.5, 0.6) is 0 Å². The predicted octanol–water partition coefficient (Wildman–Crippen LogP) is 15.3. The van der Waals surface area contributed by atoms with Crippen LogP contribution in [0.2, 0.25) is 0 Å². The van der Waals surface area contributed by atoms with E-state index in [9.17, 15) is 0 Å². The van der Waals surface area contributed by atoms with Crippen LogP contribution in [-0.2, 0) is 6.42 Å². The highest BCUT2D eigenvalue weighted by molar-refractivity contribution is 5.13. The second-order valence-corrected chi connectivity index (χ2v) is 13.8. The molecule has 0 aliphatic rings. The van der Waals surface area contributed by atoms with Crippen molar-refractivity contribution in [1.29, 1.82) is 0 Å². The van der Waals surface area contributed by atoms with Crippen molar-refractivity contribution >= 4 is 0 Å². The third kappa shape index (κ3) is 30.7. The normalized spacial score (nSPS) is 11.5. The first-order valence-electron chi connectivity index (χ1n) is 19.9. The maximum Gasteiger partial charge on any atom is -0.0184 e. The molecule has 0 heterocycles. The van der Waals surface area contributed by atoms with E-state index in [0.717, 1.165) is 0 Å². The van der Waals surface area contributed by atoms with Crippen molar-refractivity contribution in [2.75, 3.05) is 0 Å². The molecule has 0 amide bonds. The van der Waals surface area contributed by atoms with Crippen LogP contribution in [0.3, 0.4) is 0 Å². The Kier molecular flexibility index (Phi) is 32.4. The summed E-state index contributed by atoms with van der Waals surface area (Å²) in [6.45, 7) is 2.31. The molecule has 1 aromatic rings. The van der Waals surface area contributed by atoms with E-state index >= 15 is 0 Å². The van der Waals surface area contributed by atoms with Gasteiger partial charge in [-0.1, -0.05) is 243 Å². The molecule has 0 heteroatoms. The van der Waals surface area contributed by atoms with Crippen molar-refractivity contribution in [2.45, 2.75) is 232 Å². The van der Waals surface area contributed by atoms with Crippen molar-refractivity contribution in [3.8, 4) is 0 Å². The summed E-state index contributed by atoms with van der Waals surface area (Å²) in [5, 5.41) is 0. The van der Waals surface area contributed by atoms with Crippen LogP contribution in [-0.4, -0.2) is 0 Å². The summed E-state index contributed by atoms with van der Waals surface area (Å²) in [7, 11) is 0. The van der Waals surface area contributed by atoms with Gasteiger partial charge in [-0.3, -0.25) is 0 Å². The van der Waals surface area contributed by atoms with Gasteiger partial charge in [-0.15, -0.1) is 0 Å². The van der Waals surface area contributed by atoms with Gasteiger partial charge in [0.1, 0.15) is 0 Å². The molecule has 0 aromatic heterocycles. The summed E-state index contributed by atoms with van der Waals surface area (Å²) < 4.78 is 0. The van der Waals surface area contributed by atoms with Crippen molar-refractivity contribution < 1.29 is 0 Å². The van der Waals surface area contributed by atoms with Crippen molar-refractivity contribution in [1.82, 2.24) is 0 Å². The van der Waals surface area contributed by atoms with Gasteiger partial charge in [0.25, 0.3) is 0 Å². The van der Waals surface area contributed by atoms with E-state index < -0.39 is 0 Å². The molecule has 0 unspecified atom stereocenters. The molecule has 0 spiro atoms. The van der Waals surface area contributed by atoms with Gasteiger partial charge >= 0.3 is 0 Å². The monoisotopic (exact) mass is 582 g/mol. The predicted molar refractivity (Wildman–Crippen MR) is 192 cm³/mol. The Bertz CT molecular complexity index is 589. The standard InChI is InChI=1S/C42H77/c1-2-3-4-5-6-7-8-9-10-11-12-13-14-15-16-17-18-19-20-21-22-23-24-25-26-27-28-29-30-31-32-33-34-36-39-42-40-37-35-38-41-42/h37-38,40-41H,2-34,36,39H2,1H3. The maximum absolute atomic E-state index is 3.11. The van der Waals surface area contributed by atoms with Gasteiger partial charge in [0.15, 0.2) is 0 Å². The zero-order valence-corrected chi connectivity index (χ0v) is 29.1. The van der Waals surface area contributed by atoms with Gasteiger partial charge in [0.2, 0.25) is 0 Å². The summed E-state index contributed by atoms with van der Waals surface area (Å²) in [5.41, 5.74) is 1.48. The fourth-order valence-corrected chi connectivity index (χ4v) is 6.65. The molecule has 0 bridgehead atoms. The van der Waals surface area contributed by atoms with E-state index in [-0.39, 0.29) is 0 Å². The second kappa shape index (κ2) is 34.7. The van der Waals surface area contributed by atoms with Crippen LogP contribution in [0.4, 0.5) is 0 Å². The summed E-state index contributed by atoms with van der Waals surface area (Å²) in [6.07, 6.45) is 51.3. The number of rotatable bonds is 35. The van der Waals surface area contributed by atoms with Gasteiger partial charge in [0, 0.05) is 0 Å². The summed E-state index contributed by atoms with van der Waals surface area (Å²) in [5.74, 6) is 0. The topological polar surface area (TPSA) is 0 Å². The third-order valence-corrected chi connectivity index (χ3v) is 9.61. The Morgan fingerprint density at radius 3 is 0.762 bits per heavy atom. The molecule has 0 saturated carbocycles. The highest BCUT2D eigenvalue weighted by atomic mass is 14.0. The van der Waals surface area contributed by atoms with Gasteiger partial charge in [-0.25, -0.2) is 0 Å². The molecule has 0 atom stereocenters. The van der Waals surface area contributed by atoms with E-state index in [1.54, 1.807) is 0 Å². The first-order chi connectivity index (χ1) is 20.9.